The zero-order valence-corrected chi connectivity index (χ0v) is 7.38. The summed E-state index contributed by atoms with van der Waals surface area (Å²) >= 11 is 0. The number of amides is 1. The average molecular weight is 220 g/mol. The van der Waals surface area contributed by atoms with Gasteiger partial charge in [-0.1, -0.05) is 0 Å². The summed E-state index contributed by atoms with van der Waals surface area (Å²) in [6, 6.07) is 0.732. The topological polar surface area (TPSA) is 80.9 Å². The average Bonchev–Trinajstić information content (AvgIpc) is 2.14. The summed E-state index contributed by atoms with van der Waals surface area (Å²) in [5.41, 5.74) is 3.71. The molecule has 8 heteroatoms. The fraction of sp³-hybridized carbons (Fsp3) is 0.286. The van der Waals surface area contributed by atoms with Crippen LogP contribution < -0.4 is 11.1 Å². The van der Waals surface area contributed by atoms with Crippen molar-refractivity contribution < 1.29 is 18.0 Å². The quantitative estimate of drug-likeness (QED) is 0.772. The minimum absolute atomic E-state index is 0.288. The van der Waals surface area contributed by atoms with E-state index in [2.05, 4.69) is 15.3 Å². The summed E-state index contributed by atoms with van der Waals surface area (Å²) in [5, 5.41) is 2.26. The molecule has 15 heavy (non-hydrogen) atoms. The summed E-state index contributed by atoms with van der Waals surface area (Å²) in [6.45, 7) is -0.318. The summed E-state index contributed by atoms with van der Waals surface area (Å²) in [4.78, 5) is 17.0. The van der Waals surface area contributed by atoms with Crippen molar-refractivity contribution in [3.8, 4) is 0 Å². The van der Waals surface area contributed by atoms with E-state index in [1.54, 1.807) is 0 Å². The normalized spacial score (nSPS) is 11.1. The van der Waals surface area contributed by atoms with Crippen molar-refractivity contribution in [2.75, 3.05) is 11.9 Å². The minimum Gasteiger partial charge on any atom is -0.368 e. The SMILES string of the molecule is NC(=O)CNc1nccc(C(F)(F)F)n1. The maximum atomic E-state index is 12.2. The Morgan fingerprint density at radius 3 is 2.73 bits per heavy atom. The smallest absolute Gasteiger partial charge is 0.368 e. The van der Waals surface area contributed by atoms with Crippen LogP contribution in [0.5, 0.6) is 0 Å². The second kappa shape index (κ2) is 4.11. The number of halogens is 3. The molecular weight excluding hydrogens is 213 g/mol. The third-order valence-corrected chi connectivity index (χ3v) is 1.37. The van der Waals surface area contributed by atoms with E-state index in [9.17, 15) is 18.0 Å². The van der Waals surface area contributed by atoms with Gasteiger partial charge in [-0.25, -0.2) is 9.97 Å². The predicted octanol–water partition coefficient (Wildman–Crippen LogP) is 0.393. The molecule has 0 aliphatic rings. The van der Waals surface area contributed by atoms with Gasteiger partial charge in [0.15, 0.2) is 0 Å². The van der Waals surface area contributed by atoms with E-state index in [0.29, 0.717) is 0 Å². The Morgan fingerprint density at radius 1 is 1.53 bits per heavy atom. The van der Waals surface area contributed by atoms with Crippen LogP contribution >= 0.6 is 0 Å². The van der Waals surface area contributed by atoms with Crippen molar-refractivity contribution in [3.05, 3.63) is 18.0 Å². The lowest BCUT2D eigenvalue weighted by Gasteiger charge is -2.07. The van der Waals surface area contributed by atoms with Crippen molar-refractivity contribution in [2.45, 2.75) is 6.18 Å². The number of aromatic nitrogens is 2. The Bertz CT molecular complexity index is 365. The molecule has 3 N–H and O–H groups in total. The molecule has 1 aromatic rings. The lowest BCUT2D eigenvalue weighted by atomic mass is 10.4. The zero-order valence-electron chi connectivity index (χ0n) is 7.38. The second-order valence-corrected chi connectivity index (χ2v) is 2.58. The first-order valence-corrected chi connectivity index (χ1v) is 3.82. The summed E-state index contributed by atoms with van der Waals surface area (Å²) in [7, 11) is 0. The number of hydrogen-bond acceptors (Lipinski definition) is 4. The minimum atomic E-state index is -4.54. The fourth-order valence-corrected chi connectivity index (χ4v) is 0.768. The van der Waals surface area contributed by atoms with Gasteiger partial charge in [-0.15, -0.1) is 0 Å². The third kappa shape index (κ3) is 3.41. The van der Waals surface area contributed by atoms with Crippen LogP contribution in [0.2, 0.25) is 0 Å². The Hall–Kier alpha value is -1.86. The molecule has 0 atom stereocenters. The lowest BCUT2D eigenvalue weighted by molar-refractivity contribution is -0.141. The first kappa shape index (κ1) is 11.2. The van der Waals surface area contributed by atoms with E-state index in [1.165, 1.54) is 0 Å². The first-order valence-electron chi connectivity index (χ1n) is 3.82. The van der Waals surface area contributed by atoms with Gasteiger partial charge in [0.05, 0.1) is 6.54 Å². The molecule has 0 aliphatic heterocycles. The number of hydrogen-bond donors (Lipinski definition) is 2. The third-order valence-electron chi connectivity index (χ3n) is 1.37. The van der Waals surface area contributed by atoms with Crippen molar-refractivity contribution in [1.82, 2.24) is 9.97 Å². The van der Waals surface area contributed by atoms with Gasteiger partial charge >= 0.3 is 6.18 Å². The van der Waals surface area contributed by atoms with Crippen LogP contribution in [-0.4, -0.2) is 22.4 Å². The van der Waals surface area contributed by atoms with Crippen LogP contribution in [0.1, 0.15) is 5.69 Å². The molecule has 0 radical (unpaired) electrons. The van der Waals surface area contributed by atoms with Crippen LogP contribution in [0, 0.1) is 0 Å². The van der Waals surface area contributed by atoms with Gasteiger partial charge in [-0.05, 0) is 6.07 Å². The Morgan fingerprint density at radius 2 is 2.20 bits per heavy atom. The molecule has 5 nitrogen and oxygen atoms in total. The van der Waals surface area contributed by atoms with E-state index in [1.807, 2.05) is 0 Å². The van der Waals surface area contributed by atoms with E-state index >= 15 is 0 Å². The largest absolute Gasteiger partial charge is 0.433 e. The molecule has 0 unspecified atom stereocenters. The van der Waals surface area contributed by atoms with E-state index in [4.69, 9.17) is 5.73 Å². The zero-order chi connectivity index (χ0) is 11.5. The summed E-state index contributed by atoms with van der Waals surface area (Å²) in [6.07, 6.45) is -3.59. The molecular formula is C7H7F3N4O. The van der Waals surface area contributed by atoms with Gasteiger partial charge in [-0.3, -0.25) is 4.79 Å². The monoisotopic (exact) mass is 220 g/mol. The summed E-state index contributed by atoms with van der Waals surface area (Å²) in [5.74, 6) is -1.00. The molecule has 0 saturated heterocycles. The molecule has 1 aromatic heterocycles. The van der Waals surface area contributed by atoms with Gasteiger partial charge in [0.1, 0.15) is 5.69 Å². The van der Waals surface area contributed by atoms with Gasteiger partial charge in [0.2, 0.25) is 11.9 Å². The highest BCUT2D eigenvalue weighted by atomic mass is 19.4. The molecule has 0 bridgehead atoms. The second-order valence-electron chi connectivity index (χ2n) is 2.58. The van der Waals surface area contributed by atoms with Crippen LogP contribution in [0.15, 0.2) is 12.3 Å². The standard InChI is InChI=1S/C7H7F3N4O/c8-7(9,10)4-1-2-12-6(14-4)13-3-5(11)15/h1-2H,3H2,(H2,11,15)(H,12,13,14). The van der Waals surface area contributed by atoms with E-state index in [-0.39, 0.29) is 12.5 Å². The highest BCUT2D eigenvalue weighted by Gasteiger charge is 2.32. The van der Waals surface area contributed by atoms with Gasteiger partial charge in [-0.2, -0.15) is 13.2 Å². The van der Waals surface area contributed by atoms with Gasteiger partial charge in [0, 0.05) is 6.20 Å². The maximum absolute atomic E-state index is 12.2. The lowest BCUT2D eigenvalue weighted by Crippen LogP contribution is -2.23. The van der Waals surface area contributed by atoms with E-state index < -0.39 is 17.8 Å². The van der Waals surface area contributed by atoms with Gasteiger partial charge < -0.3 is 11.1 Å². The van der Waals surface area contributed by atoms with Crippen LogP contribution in [0.3, 0.4) is 0 Å². The molecule has 0 fully saturated rings. The number of carbonyl (C=O) groups excluding carboxylic acids is 1. The number of anilines is 1. The number of nitrogens with zero attached hydrogens (tertiary/aromatic N) is 2. The highest BCUT2D eigenvalue weighted by molar-refractivity contribution is 5.78. The molecule has 1 amide bonds. The number of carbonyl (C=O) groups is 1. The predicted molar refractivity (Wildman–Crippen MR) is 44.7 cm³/mol. The van der Waals surface area contributed by atoms with Crippen molar-refractivity contribution in [2.24, 2.45) is 5.73 Å². The molecule has 0 saturated carbocycles. The molecule has 0 spiro atoms. The van der Waals surface area contributed by atoms with Crippen molar-refractivity contribution in [1.29, 1.82) is 0 Å². The molecule has 82 valence electrons. The van der Waals surface area contributed by atoms with Crippen LogP contribution in [0.4, 0.5) is 19.1 Å². The number of nitrogens with one attached hydrogen (secondary N) is 1. The Labute approximate surface area is 82.5 Å². The molecule has 1 rings (SSSR count). The number of rotatable bonds is 3. The fourth-order valence-electron chi connectivity index (χ4n) is 0.768. The maximum Gasteiger partial charge on any atom is 0.433 e. The number of primary amides is 1. The summed E-state index contributed by atoms with van der Waals surface area (Å²) < 4.78 is 36.5. The highest BCUT2D eigenvalue weighted by Crippen LogP contribution is 2.27. The van der Waals surface area contributed by atoms with E-state index in [0.717, 1.165) is 12.3 Å². The number of alkyl halides is 3. The Balaban J connectivity index is 2.79. The van der Waals surface area contributed by atoms with Crippen LogP contribution in [-0.2, 0) is 11.0 Å². The van der Waals surface area contributed by atoms with Gasteiger partial charge in [0.25, 0.3) is 0 Å². The van der Waals surface area contributed by atoms with Crippen molar-refractivity contribution >= 4 is 11.9 Å². The molecule has 1 heterocycles. The Kier molecular flexibility index (Phi) is 3.08. The molecule has 0 aromatic carbocycles. The van der Waals surface area contributed by atoms with Crippen LogP contribution in [0.25, 0.3) is 0 Å². The first-order chi connectivity index (χ1) is 6.89. The number of nitrogens with two attached hydrogens (primary N) is 1. The van der Waals surface area contributed by atoms with Crippen molar-refractivity contribution in [3.63, 3.8) is 0 Å². The molecule has 0 aliphatic carbocycles.